The molecule has 0 atom stereocenters. The summed E-state index contributed by atoms with van der Waals surface area (Å²) in [6, 6.07) is 6.73. The maximum Gasteiger partial charge on any atom is 0.251 e. The summed E-state index contributed by atoms with van der Waals surface area (Å²) in [5.74, 6) is -0.0247. The van der Waals surface area contributed by atoms with Crippen molar-refractivity contribution >= 4 is 33.5 Å². The van der Waals surface area contributed by atoms with Gasteiger partial charge < -0.3 is 4.98 Å². The van der Waals surface area contributed by atoms with E-state index in [2.05, 4.69) is 25.9 Å². The van der Waals surface area contributed by atoms with Gasteiger partial charge in [0.25, 0.3) is 5.56 Å². The van der Waals surface area contributed by atoms with E-state index in [0.29, 0.717) is 10.7 Å². The van der Waals surface area contributed by atoms with Crippen molar-refractivity contribution in [2.24, 2.45) is 0 Å². The van der Waals surface area contributed by atoms with Crippen LogP contribution in [0.25, 0.3) is 0 Å². The average molecular weight is 325 g/mol. The molecule has 0 spiro atoms. The van der Waals surface area contributed by atoms with E-state index in [1.54, 1.807) is 6.07 Å². The first-order valence-electron chi connectivity index (χ1n) is 5.10. The van der Waals surface area contributed by atoms with E-state index in [-0.39, 0.29) is 11.3 Å². The van der Waals surface area contributed by atoms with Crippen molar-refractivity contribution in [3.8, 4) is 0 Å². The van der Waals surface area contributed by atoms with E-state index in [0.717, 1.165) is 9.37 Å². The minimum atomic E-state index is -0.216. The van der Waals surface area contributed by atoms with Crippen LogP contribution in [0.5, 0.6) is 0 Å². The van der Waals surface area contributed by atoms with Gasteiger partial charge in [0, 0.05) is 27.2 Å². The van der Waals surface area contributed by atoms with E-state index in [1.165, 1.54) is 30.9 Å². The van der Waals surface area contributed by atoms with E-state index < -0.39 is 0 Å². The summed E-state index contributed by atoms with van der Waals surface area (Å²) < 4.78 is 0.869. The van der Waals surface area contributed by atoms with E-state index in [9.17, 15) is 9.59 Å². The van der Waals surface area contributed by atoms with Crippen LogP contribution in [0.15, 0.2) is 49.8 Å². The minimum Gasteiger partial charge on any atom is -0.301 e. The number of rotatable bonds is 3. The number of hydrogen-bond acceptors (Lipinski definition) is 4. The second kappa shape index (κ2) is 5.49. The average Bonchev–Trinajstić information content (AvgIpc) is 2.28. The normalized spacial score (nSPS) is 10.3. The molecule has 0 amide bonds. The molecule has 2 aromatic rings. The summed E-state index contributed by atoms with van der Waals surface area (Å²) in [6.07, 6.45) is 1.44. The smallest absolute Gasteiger partial charge is 0.251 e. The van der Waals surface area contributed by atoms with Crippen LogP contribution >= 0.6 is 27.7 Å². The van der Waals surface area contributed by atoms with Gasteiger partial charge in [-0.1, -0.05) is 27.7 Å². The van der Waals surface area contributed by atoms with E-state index in [4.69, 9.17) is 0 Å². The number of nitrogens with zero attached hydrogens (tertiary/aromatic N) is 1. The molecule has 0 saturated carbocycles. The summed E-state index contributed by atoms with van der Waals surface area (Å²) in [5.41, 5.74) is 0.390. The van der Waals surface area contributed by atoms with Gasteiger partial charge in [-0.3, -0.25) is 9.59 Å². The number of ketones is 1. The van der Waals surface area contributed by atoms with Gasteiger partial charge in [0.15, 0.2) is 10.9 Å². The van der Waals surface area contributed by atoms with Crippen molar-refractivity contribution < 1.29 is 4.79 Å². The summed E-state index contributed by atoms with van der Waals surface area (Å²) in [6.45, 7) is 1.51. The Morgan fingerprint density at radius 2 is 2.17 bits per heavy atom. The monoisotopic (exact) mass is 324 g/mol. The molecule has 92 valence electrons. The predicted molar refractivity (Wildman–Crippen MR) is 73.1 cm³/mol. The quantitative estimate of drug-likeness (QED) is 0.696. The molecular formula is C12H9BrN2O2S. The first kappa shape index (κ1) is 13.0. The van der Waals surface area contributed by atoms with Crippen LogP contribution in [0.4, 0.5) is 0 Å². The lowest BCUT2D eigenvalue weighted by Crippen LogP contribution is -2.05. The Morgan fingerprint density at radius 3 is 2.83 bits per heavy atom. The summed E-state index contributed by atoms with van der Waals surface area (Å²) in [7, 11) is 0. The molecule has 0 fully saturated rings. The van der Waals surface area contributed by atoms with Gasteiger partial charge in [-0.05, 0) is 25.1 Å². The van der Waals surface area contributed by atoms with Gasteiger partial charge in [-0.25, -0.2) is 4.98 Å². The number of H-pyrrole nitrogens is 1. The second-order valence-electron chi connectivity index (χ2n) is 3.54. The van der Waals surface area contributed by atoms with Crippen LogP contribution in [-0.2, 0) is 0 Å². The van der Waals surface area contributed by atoms with Gasteiger partial charge in [-0.15, -0.1) is 0 Å². The van der Waals surface area contributed by atoms with Gasteiger partial charge in [0.05, 0.1) is 0 Å². The molecule has 6 heteroatoms. The number of benzene rings is 1. The molecule has 1 aromatic carbocycles. The Bertz CT molecular complexity index is 655. The van der Waals surface area contributed by atoms with Crippen LogP contribution in [0.3, 0.4) is 0 Å². The number of halogens is 1. The Balaban J connectivity index is 2.42. The summed E-state index contributed by atoms with van der Waals surface area (Å²) >= 11 is 4.61. The molecule has 1 heterocycles. The standard InChI is InChI=1S/C12H9BrN2O2S/c1-7(16)9-3-2-8(13)6-10(9)18-12-14-5-4-11(17)15-12/h2-6H,1H3,(H,14,15,17). The third-order valence-electron chi connectivity index (χ3n) is 2.18. The number of Topliss-reactive ketones (excluding diaryl/α,β-unsaturated/α-hetero) is 1. The molecule has 0 aliphatic rings. The predicted octanol–water partition coefficient (Wildman–Crippen LogP) is 2.89. The lowest BCUT2D eigenvalue weighted by atomic mass is 10.1. The number of aromatic amines is 1. The molecule has 0 saturated heterocycles. The molecule has 2 rings (SSSR count). The highest BCUT2D eigenvalue weighted by Gasteiger charge is 2.10. The van der Waals surface area contributed by atoms with E-state index >= 15 is 0 Å². The molecule has 1 N–H and O–H groups in total. The molecule has 0 radical (unpaired) electrons. The summed E-state index contributed by atoms with van der Waals surface area (Å²) in [4.78, 5) is 30.1. The highest BCUT2D eigenvalue weighted by Crippen LogP contribution is 2.30. The molecule has 0 bridgehead atoms. The van der Waals surface area contributed by atoms with Gasteiger partial charge in [0.2, 0.25) is 0 Å². The van der Waals surface area contributed by atoms with E-state index in [1.807, 2.05) is 12.1 Å². The second-order valence-corrected chi connectivity index (χ2v) is 5.48. The zero-order valence-electron chi connectivity index (χ0n) is 9.44. The third-order valence-corrected chi connectivity index (χ3v) is 3.63. The number of carbonyl (C=O) groups is 1. The Hall–Kier alpha value is -1.40. The zero-order valence-corrected chi connectivity index (χ0v) is 11.8. The topological polar surface area (TPSA) is 62.8 Å². The number of nitrogens with one attached hydrogen (secondary N) is 1. The van der Waals surface area contributed by atoms with Crippen LogP contribution in [0.2, 0.25) is 0 Å². The van der Waals surface area contributed by atoms with Gasteiger partial charge >= 0.3 is 0 Å². The molecular weight excluding hydrogens is 316 g/mol. The lowest BCUT2D eigenvalue weighted by molar-refractivity contribution is 0.101. The Labute approximate surface area is 116 Å². The van der Waals surface area contributed by atoms with Crippen LogP contribution < -0.4 is 5.56 Å². The Morgan fingerprint density at radius 1 is 1.39 bits per heavy atom. The zero-order chi connectivity index (χ0) is 13.1. The van der Waals surface area contributed by atoms with Gasteiger partial charge in [0.1, 0.15) is 0 Å². The maximum atomic E-state index is 11.5. The maximum absolute atomic E-state index is 11.5. The van der Waals surface area contributed by atoms with Crippen LogP contribution in [0.1, 0.15) is 17.3 Å². The third kappa shape index (κ3) is 3.08. The van der Waals surface area contributed by atoms with Crippen molar-refractivity contribution in [2.45, 2.75) is 17.0 Å². The van der Waals surface area contributed by atoms with Crippen molar-refractivity contribution in [2.75, 3.05) is 0 Å². The fourth-order valence-corrected chi connectivity index (χ4v) is 2.87. The van der Waals surface area contributed by atoms with Crippen molar-refractivity contribution in [3.63, 3.8) is 0 Å². The molecule has 1 aromatic heterocycles. The lowest BCUT2D eigenvalue weighted by Gasteiger charge is -2.06. The van der Waals surface area contributed by atoms with Crippen molar-refractivity contribution in [1.82, 2.24) is 9.97 Å². The number of aromatic nitrogens is 2. The van der Waals surface area contributed by atoms with Crippen molar-refractivity contribution in [3.05, 3.63) is 50.9 Å². The number of hydrogen-bond donors (Lipinski definition) is 1. The van der Waals surface area contributed by atoms with Crippen LogP contribution in [0, 0.1) is 0 Å². The molecule has 0 aliphatic carbocycles. The summed E-state index contributed by atoms with van der Waals surface area (Å²) in [5, 5.41) is 0.461. The minimum absolute atomic E-state index is 0.0247. The SMILES string of the molecule is CC(=O)c1ccc(Br)cc1Sc1nccc(=O)[nH]1. The first-order chi connectivity index (χ1) is 8.56. The fraction of sp³-hybridized carbons (Fsp3) is 0.0833. The molecule has 18 heavy (non-hydrogen) atoms. The molecule has 4 nitrogen and oxygen atoms in total. The highest BCUT2D eigenvalue weighted by molar-refractivity contribution is 9.10. The molecule has 0 aliphatic heterocycles. The highest BCUT2D eigenvalue weighted by atomic mass is 79.9. The van der Waals surface area contributed by atoms with Gasteiger partial charge in [-0.2, -0.15) is 0 Å². The van der Waals surface area contributed by atoms with Crippen molar-refractivity contribution in [1.29, 1.82) is 0 Å². The first-order valence-corrected chi connectivity index (χ1v) is 6.71. The van der Waals surface area contributed by atoms with Crippen LogP contribution in [-0.4, -0.2) is 15.8 Å². The number of carbonyl (C=O) groups excluding carboxylic acids is 1. The fourth-order valence-electron chi connectivity index (χ4n) is 1.38. The largest absolute Gasteiger partial charge is 0.301 e. The molecule has 0 unspecified atom stereocenters. The Kier molecular flexibility index (Phi) is 3.98.